The number of unbranched alkanes of at least 4 members (excludes halogenated alkanes) is 12. The number of benzene rings is 3. The van der Waals surface area contributed by atoms with Gasteiger partial charge >= 0.3 is 5.97 Å². The summed E-state index contributed by atoms with van der Waals surface area (Å²) in [5.41, 5.74) is 5.72. The Morgan fingerprint density at radius 1 is 0.595 bits per heavy atom. The summed E-state index contributed by atoms with van der Waals surface area (Å²) in [6.07, 6.45) is 17.7. The van der Waals surface area contributed by atoms with E-state index in [0.717, 1.165) is 42.7 Å². The van der Waals surface area contributed by atoms with Crippen LogP contribution in [0.25, 0.3) is 22.3 Å². The standard InChI is InChI=1S/C39H54O3/c1-4-6-8-10-12-14-16-22-39(40)42-32(3)33-23-25-34(26-24-33)37-20-17-18-21-38(37)35-27-29-36(30-28-35)41-31-19-15-13-11-9-7-5-2/h17-18,20-21,23-30,32H,4-16,19,22,31H2,1-3H3. The normalized spacial score (nSPS) is 11.8. The molecule has 0 fully saturated rings. The van der Waals surface area contributed by atoms with Gasteiger partial charge in [0.05, 0.1) is 6.61 Å². The molecule has 0 bridgehead atoms. The number of carbonyl (C=O) groups is 1. The first-order chi connectivity index (χ1) is 20.6. The van der Waals surface area contributed by atoms with Crippen molar-refractivity contribution in [2.75, 3.05) is 6.61 Å². The number of esters is 1. The summed E-state index contributed by atoms with van der Waals surface area (Å²) >= 11 is 0. The predicted octanol–water partition coefficient (Wildman–Crippen LogP) is 11.9. The first-order valence-electron chi connectivity index (χ1n) is 16.7. The second kappa shape index (κ2) is 19.9. The third-order valence-corrected chi connectivity index (χ3v) is 8.09. The Balaban J connectivity index is 1.49. The molecule has 0 saturated heterocycles. The van der Waals surface area contributed by atoms with Crippen LogP contribution in [0.3, 0.4) is 0 Å². The Morgan fingerprint density at radius 3 is 1.62 bits per heavy atom. The Labute approximate surface area is 256 Å². The molecule has 1 atom stereocenters. The molecule has 3 aromatic carbocycles. The van der Waals surface area contributed by atoms with Crippen LogP contribution in [0.1, 0.15) is 129 Å². The van der Waals surface area contributed by atoms with Gasteiger partial charge in [0.25, 0.3) is 0 Å². The molecule has 0 amide bonds. The van der Waals surface area contributed by atoms with E-state index in [2.05, 4.69) is 86.6 Å². The monoisotopic (exact) mass is 570 g/mol. The van der Waals surface area contributed by atoms with Crippen LogP contribution in [0.4, 0.5) is 0 Å². The van der Waals surface area contributed by atoms with E-state index >= 15 is 0 Å². The van der Waals surface area contributed by atoms with Gasteiger partial charge in [0.1, 0.15) is 11.9 Å². The number of hydrogen-bond donors (Lipinski definition) is 0. The van der Waals surface area contributed by atoms with Crippen molar-refractivity contribution in [3.63, 3.8) is 0 Å². The maximum Gasteiger partial charge on any atom is 0.306 e. The zero-order chi connectivity index (χ0) is 29.8. The lowest BCUT2D eigenvalue weighted by Crippen LogP contribution is -2.08. The largest absolute Gasteiger partial charge is 0.494 e. The molecule has 0 aliphatic rings. The summed E-state index contributed by atoms with van der Waals surface area (Å²) in [5, 5.41) is 0. The topological polar surface area (TPSA) is 35.5 Å². The molecule has 0 saturated carbocycles. The molecule has 0 heterocycles. The molecule has 3 rings (SSSR count). The third-order valence-electron chi connectivity index (χ3n) is 8.09. The van der Waals surface area contributed by atoms with Crippen LogP contribution in [-0.4, -0.2) is 12.6 Å². The van der Waals surface area contributed by atoms with Crippen molar-refractivity contribution in [3.05, 3.63) is 78.4 Å². The molecule has 0 N–H and O–H groups in total. The van der Waals surface area contributed by atoms with Crippen molar-refractivity contribution in [3.8, 4) is 28.0 Å². The van der Waals surface area contributed by atoms with Crippen LogP contribution in [0, 0.1) is 0 Å². The van der Waals surface area contributed by atoms with Crippen molar-refractivity contribution >= 4 is 5.97 Å². The number of rotatable bonds is 21. The molecule has 228 valence electrons. The summed E-state index contributed by atoms with van der Waals surface area (Å²) < 4.78 is 11.8. The van der Waals surface area contributed by atoms with Gasteiger partial charge in [-0.1, -0.05) is 152 Å². The smallest absolute Gasteiger partial charge is 0.306 e. The minimum absolute atomic E-state index is 0.0969. The molecule has 0 radical (unpaired) electrons. The highest BCUT2D eigenvalue weighted by molar-refractivity contribution is 5.83. The van der Waals surface area contributed by atoms with E-state index in [4.69, 9.17) is 9.47 Å². The summed E-state index contributed by atoms with van der Waals surface area (Å²) in [4.78, 5) is 12.4. The van der Waals surface area contributed by atoms with E-state index in [-0.39, 0.29) is 12.1 Å². The Kier molecular flexibility index (Phi) is 15.9. The molecule has 0 spiro atoms. The summed E-state index contributed by atoms with van der Waals surface area (Å²) in [5.74, 6) is 0.836. The van der Waals surface area contributed by atoms with Gasteiger partial charge in [0.2, 0.25) is 0 Å². The highest BCUT2D eigenvalue weighted by atomic mass is 16.5. The fourth-order valence-corrected chi connectivity index (χ4v) is 5.45. The van der Waals surface area contributed by atoms with E-state index in [1.165, 1.54) is 87.3 Å². The molecule has 0 aliphatic carbocycles. The third kappa shape index (κ3) is 12.0. The van der Waals surface area contributed by atoms with Gasteiger partial charge in [-0.15, -0.1) is 0 Å². The van der Waals surface area contributed by atoms with Crippen molar-refractivity contribution in [2.24, 2.45) is 0 Å². The Morgan fingerprint density at radius 2 is 1.07 bits per heavy atom. The fourth-order valence-electron chi connectivity index (χ4n) is 5.45. The Bertz CT molecular complexity index is 1130. The highest BCUT2D eigenvalue weighted by Gasteiger charge is 2.13. The lowest BCUT2D eigenvalue weighted by Gasteiger charge is -2.15. The molecule has 3 aromatic rings. The molecular weight excluding hydrogens is 516 g/mol. The summed E-state index contributed by atoms with van der Waals surface area (Å²) in [7, 11) is 0. The second-order valence-electron chi connectivity index (χ2n) is 11.7. The SMILES string of the molecule is CCCCCCCCCOc1ccc(-c2ccccc2-c2ccc(C(C)OC(=O)CCCCCCCCC)cc2)cc1. The maximum absolute atomic E-state index is 12.4. The number of hydrogen-bond acceptors (Lipinski definition) is 3. The zero-order valence-corrected chi connectivity index (χ0v) is 26.5. The lowest BCUT2D eigenvalue weighted by atomic mass is 9.93. The predicted molar refractivity (Wildman–Crippen MR) is 178 cm³/mol. The van der Waals surface area contributed by atoms with Gasteiger partial charge in [0, 0.05) is 6.42 Å². The van der Waals surface area contributed by atoms with Crippen LogP contribution in [0.5, 0.6) is 5.75 Å². The van der Waals surface area contributed by atoms with Crippen molar-refractivity contribution in [2.45, 2.75) is 123 Å². The van der Waals surface area contributed by atoms with Gasteiger partial charge in [0.15, 0.2) is 0 Å². The number of carbonyl (C=O) groups excluding carboxylic acids is 1. The zero-order valence-electron chi connectivity index (χ0n) is 26.5. The van der Waals surface area contributed by atoms with Crippen LogP contribution >= 0.6 is 0 Å². The second-order valence-corrected chi connectivity index (χ2v) is 11.7. The quantitative estimate of drug-likeness (QED) is 0.0943. The number of ether oxygens (including phenoxy) is 2. The van der Waals surface area contributed by atoms with Crippen molar-refractivity contribution < 1.29 is 14.3 Å². The van der Waals surface area contributed by atoms with Crippen LogP contribution in [0.15, 0.2) is 72.8 Å². The van der Waals surface area contributed by atoms with Gasteiger partial charge < -0.3 is 9.47 Å². The molecule has 42 heavy (non-hydrogen) atoms. The van der Waals surface area contributed by atoms with Crippen LogP contribution in [0.2, 0.25) is 0 Å². The molecule has 3 nitrogen and oxygen atoms in total. The van der Waals surface area contributed by atoms with Gasteiger partial charge in [-0.3, -0.25) is 4.79 Å². The molecule has 1 unspecified atom stereocenters. The van der Waals surface area contributed by atoms with Crippen LogP contribution in [-0.2, 0) is 9.53 Å². The maximum atomic E-state index is 12.4. The fraction of sp³-hybridized carbons (Fsp3) is 0.513. The van der Waals surface area contributed by atoms with Crippen molar-refractivity contribution in [1.82, 2.24) is 0 Å². The summed E-state index contributed by atoms with van der Waals surface area (Å²) in [6.45, 7) is 7.24. The average Bonchev–Trinajstić information content (AvgIpc) is 3.02. The minimum Gasteiger partial charge on any atom is -0.494 e. The van der Waals surface area contributed by atoms with Crippen LogP contribution < -0.4 is 4.74 Å². The molecule has 0 aliphatic heterocycles. The van der Waals surface area contributed by atoms with Gasteiger partial charge in [-0.2, -0.15) is 0 Å². The van der Waals surface area contributed by atoms with Gasteiger partial charge in [-0.25, -0.2) is 0 Å². The summed E-state index contributed by atoms with van der Waals surface area (Å²) in [6, 6.07) is 25.4. The minimum atomic E-state index is -0.250. The Hall–Kier alpha value is -3.07. The molecule has 0 aromatic heterocycles. The first kappa shape index (κ1) is 33.4. The van der Waals surface area contributed by atoms with E-state index in [9.17, 15) is 4.79 Å². The molecular formula is C39H54O3. The average molecular weight is 571 g/mol. The first-order valence-corrected chi connectivity index (χ1v) is 16.7. The van der Waals surface area contributed by atoms with Gasteiger partial charge in [-0.05, 0) is 59.7 Å². The van der Waals surface area contributed by atoms with E-state index in [1.807, 2.05) is 6.92 Å². The molecule has 3 heteroatoms. The van der Waals surface area contributed by atoms with Crippen molar-refractivity contribution in [1.29, 1.82) is 0 Å². The van der Waals surface area contributed by atoms with E-state index in [0.29, 0.717) is 6.42 Å². The lowest BCUT2D eigenvalue weighted by molar-refractivity contribution is -0.148. The van der Waals surface area contributed by atoms with E-state index in [1.54, 1.807) is 0 Å². The van der Waals surface area contributed by atoms with E-state index < -0.39 is 0 Å². The highest BCUT2D eigenvalue weighted by Crippen LogP contribution is 2.34.